The first-order valence-electron chi connectivity index (χ1n) is 4.62. The van der Waals surface area contributed by atoms with Crippen LogP contribution in [0.3, 0.4) is 0 Å². The Labute approximate surface area is 99.6 Å². The van der Waals surface area contributed by atoms with Gasteiger partial charge in [-0.1, -0.05) is 6.07 Å². The van der Waals surface area contributed by atoms with E-state index in [1.54, 1.807) is 19.1 Å². The normalized spacial score (nSPS) is 11.4. The zero-order valence-corrected chi connectivity index (χ0v) is 10.6. The van der Waals surface area contributed by atoms with E-state index in [4.69, 9.17) is 20.2 Å². The van der Waals surface area contributed by atoms with Crippen LogP contribution in [0.2, 0.25) is 0 Å². The fourth-order valence-corrected chi connectivity index (χ4v) is 2.22. The maximum Gasteiger partial charge on any atom is 0.264 e. The van der Waals surface area contributed by atoms with Crippen molar-refractivity contribution in [3.05, 3.63) is 23.8 Å². The Morgan fingerprint density at radius 1 is 1.31 bits per heavy atom. The third kappa shape index (κ3) is 3.66. The monoisotopic (exact) mass is 264 g/mol. The summed E-state index contributed by atoms with van der Waals surface area (Å²) < 4.78 is 32.7. The van der Waals surface area contributed by atoms with Gasteiger partial charge in [0.2, 0.25) is 0 Å². The molecule has 4 nitrogen and oxygen atoms in total. The van der Waals surface area contributed by atoms with Gasteiger partial charge in [-0.2, -0.15) is 0 Å². The van der Waals surface area contributed by atoms with Gasteiger partial charge in [0.1, 0.15) is 17.3 Å². The summed E-state index contributed by atoms with van der Waals surface area (Å²) in [7, 11) is 3.06. The largest absolute Gasteiger partial charge is 0.490 e. The molecule has 90 valence electrons. The highest BCUT2D eigenvalue weighted by molar-refractivity contribution is 8.13. The highest BCUT2D eigenvalue weighted by Crippen LogP contribution is 2.27. The van der Waals surface area contributed by atoms with Crippen LogP contribution in [-0.2, 0) is 13.8 Å². The number of hydrogen-bond acceptors (Lipinski definition) is 4. The number of halogens is 1. The van der Waals surface area contributed by atoms with E-state index in [2.05, 4.69) is 0 Å². The lowest BCUT2D eigenvalue weighted by molar-refractivity contribution is 0.144. The molecule has 1 rings (SSSR count). The summed E-state index contributed by atoms with van der Waals surface area (Å²) in [5, 5.41) is 0. The summed E-state index contributed by atoms with van der Waals surface area (Å²) in [6.07, 6.45) is 0. The van der Waals surface area contributed by atoms with E-state index in [0.29, 0.717) is 6.61 Å². The first kappa shape index (κ1) is 13.3. The van der Waals surface area contributed by atoms with Crippen molar-refractivity contribution in [2.75, 3.05) is 20.3 Å². The highest BCUT2D eigenvalue weighted by atomic mass is 35.7. The molecule has 0 radical (unpaired) electrons. The maximum absolute atomic E-state index is 11.3. The third-order valence-corrected chi connectivity index (χ3v) is 3.25. The van der Waals surface area contributed by atoms with Gasteiger partial charge in [0.05, 0.1) is 6.61 Å². The van der Waals surface area contributed by atoms with E-state index in [9.17, 15) is 8.42 Å². The van der Waals surface area contributed by atoms with Crippen LogP contribution in [0.5, 0.6) is 5.75 Å². The second-order valence-electron chi connectivity index (χ2n) is 3.23. The molecule has 0 spiro atoms. The van der Waals surface area contributed by atoms with Crippen LogP contribution in [0, 0.1) is 6.92 Å². The standard InChI is InChI=1S/C10H13ClO4S/c1-8-3-4-9(15-6-5-14-2)10(7-8)16(11,12)13/h3-4,7H,5-6H2,1-2H3. The molecule has 0 saturated carbocycles. The van der Waals surface area contributed by atoms with Crippen molar-refractivity contribution in [1.29, 1.82) is 0 Å². The van der Waals surface area contributed by atoms with Crippen LogP contribution in [0.1, 0.15) is 5.56 Å². The van der Waals surface area contributed by atoms with Crippen molar-refractivity contribution < 1.29 is 17.9 Å². The molecule has 0 fully saturated rings. The number of benzene rings is 1. The SMILES string of the molecule is COCCOc1ccc(C)cc1S(=O)(=O)Cl. The average molecular weight is 265 g/mol. The summed E-state index contributed by atoms with van der Waals surface area (Å²) in [6.45, 7) is 2.44. The van der Waals surface area contributed by atoms with Crippen LogP contribution < -0.4 is 4.74 Å². The molecule has 1 aromatic carbocycles. The fraction of sp³-hybridized carbons (Fsp3) is 0.400. The molecule has 0 aromatic heterocycles. The number of rotatable bonds is 5. The molecular weight excluding hydrogens is 252 g/mol. The Balaban J connectivity index is 2.99. The van der Waals surface area contributed by atoms with E-state index < -0.39 is 9.05 Å². The van der Waals surface area contributed by atoms with E-state index >= 15 is 0 Å². The van der Waals surface area contributed by atoms with Crippen LogP contribution in [0.15, 0.2) is 23.1 Å². The topological polar surface area (TPSA) is 52.6 Å². The molecule has 0 aliphatic heterocycles. The summed E-state index contributed by atoms with van der Waals surface area (Å²) in [6, 6.07) is 4.82. The second kappa shape index (κ2) is 5.52. The zero-order chi connectivity index (χ0) is 12.2. The van der Waals surface area contributed by atoms with Crippen LogP contribution in [0.4, 0.5) is 0 Å². The van der Waals surface area contributed by atoms with Crippen molar-refractivity contribution in [3.8, 4) is 5.75 Å². The van der Waals surface area contributed by atoms with Crippen LogP contribution in [0.25, 0.3) is 0 Å². The molecule has 0 saturated heterocycles. The van der Waals surface area contributed by atoms with Gasteiger partial charge in [0.15, 0.2) is 0 Å². The van der Waals surface area contributed by atoms with Crippen molar-refractivity contribution in [2.45, 2.75) is 11.8 Å². The molecule has 0 aliphatic carbocycles. The molecule has 0 bridgehead atoms. The van der Waals surface area contributed by atoms with Gasteiger partial charge < -0.3 is 9.47 Å². The van der Waals surface area contributed by atoms with E-state index in [1.165, 1.54) is 13.2 Å². The van der Waals surface area contributed by atoms with Gasteiger partial charge >= 0.3 is 0 Å². The van der Waals surface area contributed by atoms with Crippen molar-refractivity contribution in [3.63, 3.8) is 0 Å². The molecule has 0 aliphatic rings. The molecule has 0 unspecified atom stereocenters. The molecule has 0 amide bonds. The lowest BCUT2D eigenvalue weighted by Gasteiger charge is -2.09. The molecule has 0 atom stereocenters. The Kier molecular flexibility index (Phi) is 4.58. The predicted molar refractivity (Wildman–Crippen MR) is 61.6 cm³/mol. The summed E-state index contributed by atoms with van der Waals surface area (Å²) in [5.74, 6) is 0.248. The molecule has 6 heteroatoms. The molecule has 0 N–H and O–H groups in total. The van der Waals surface area contributed by atoms with Gasteiger partial charge in [-0.15, -0.1) is 0 Å². The van der Waals surface area contributed by atoms with Crippen molar-refractivity contribution in [1.82, 2.24) is 0 Å². The lowest BCUT2D eigenvalue weighted by atomic mass is 10.2. The molecule has 1 aromatic rings. The van der Waals surface area contributed by atoms with Gasteiger partial charge in [0.25, 0.3) is 9.05 Å². The number of aryl methyl sites for hydroxylation is 1. The van der Waals surface area contributed by atoms with Gasteiger partial charge in [0, 0.05) is 17.8 Å². The molecule has 16 heavy (non-hydrogen) atoms. The predicted octanol–water partition coefficient (Wildman–Crippen LogP) is 1.95. The minimum atomic E-state index is -3.79. The van der Waals surface area contributed by atoms with E-state index in [-0.39, 0.29) is 17.3 Å². The van der Waals surface area contributed by atoms with Crippen molar-refractivity contribution >= 4 is 19.7 Å². The summed E-state index contributed by atoms with van der Waals surface area (Å²) in [5.41, 5.74) is 0.804. The lowest BCUT2D eigenvalue weighted by Crippen LogP contribution is -2.07. The fourth-order valence-electron chi connectivity index (χ4n) is 1.16. The van der Waals surface area contributed by atoms with Crippen LogP contribution >= 0.6 is 10.7 Å². The van der Waals surface area contributed by atoms with E-state index in [1.807, 2.05) is 0 Å². The maximum atomic E-state index is 11.3. The van der Waals surface area contributed by atoms with Gasteiger partial charge in [-0.05, 0) is 24.6 Å². The molecule has 0 heterocycles. The first-order chi connectivity index (χ1) is 7.45. The average Bonchev–Trinajstić information content (AvgIpc) is 2.19. The summed E-state index contributed by atoms with van der Waals surface area (Å²) in [4.78, 5) is -0.00901. The number of ether oxygens (including phenoxy) is 2. The quantitative estimate of drug-likeness (QED) is 0.603. The highest BCUT2D eigenvalue weighted by Gasteiger charge is 2.16. The minimum absolute atomic E-state index is 0.00901. The first-order valence-corrected chi connectivity index (χ1v) is 6.93. The van der Waals surface area contributed by atoms with Gasteiger partial charge in [-0.3, -0.25) is 0 Å². The van der Waals surface area contributed by atoms with Gasteiger partial charge in [-0.25, -0.2) is 8.42 Å². The number of methoxy groups -OCH3 is 1. The third-order valence-electron chi connectivity index (χ3n) is 1.91. The summed E-state index contributed by atoms with van der Waals surface area (Å²) >= 11 is 0. The Bertz CT molecular complexity index is 456. The second-order valence-corrected chi connectivity index (χ2v) is 5.76. The number of hydrogen-bond donors (Lipinski definition) is 0. The Morgan fingerprint density at radius 2 is 2.00 bits per heavy atom. The smallest absolute Gasteiger partial charge is 0.264 e. The van der Waals surface area contributed by atoms with E-state index in [0.717, 1.165) is 5.56 Å². The van der Waals surface area contributed by atoms with Crippen LogP contribution in [-0.4, -0.2) is 28.7 Å². The molecular formula is C10H13ClO4S. The van der Waals surface area contributed by atoms with Crippen molar-refractivity contribution in [2.24, 2.45) is 0 Å². The zero-order valence-electron chi connectivity index (χ0n) is 9.07. The Morgan fingerprint density at radius 3 is 2.56 bits per heavy atom. The Hall–Kier alpha value is -0.780. The minimum Gasteiger partial charge on any atom is -0.490 e.